The minimum Gasteiger partial charge on any atom is -0.375 e. The highest BCUT2D eigenvalue weighted by Crippen LogP contribution is 2.26. The van der Waals surface area contributed by atoms with E-state index < -0.39 is 0 Å². The minimum atomic E-state index is 0.0635. The Morgan fingerprint density at radius 2 is 2.13 bits per heavy atom. The molecule has 0 bridgehead atoms. The van der Waals surface area contributed by atoms with E-state index in [0.29, 0.717) is 18.1 Å². The van der Waals surface area contributed by atoms with Gasteiger partial charge in [0.1, 0.15) is 0 Å². The molecule has 1 aromatic rings. The van der Waals surface area contributed by atoms with Crippen molar-refractivity contribution in [3.8, 4) is 0 Å². The number of fused-ring (bicyclic) bond motifs is 1. The average molecular weight is 316 g/mol. The van der Waals surface area contributed by atoms with Crippen LogP contribution in [0.5, 0.6) is 0 Å². The SMILES string of the molecule is CCc1ccccc1C(=O)N[C@H]1C[C@H]2CO[C@@H](C(C)C)CN2C1. The van der Waals surface area contributed by atoms with Crippen LogP contribution in [0.15, 0.2) is 24.3 Å². The maximum absolute atomic E-state index is 12.6. The molecule has 0 spiro atoms. The summed E-state index contributed by atoms with van der Waals surface area (Å²) in [4.78, 5) is 15.1. The lowest BCUT2D eigenvalue weighted by atomic mass is 10.0. The first-order valence-corrected chi connectivity index (χ1v) is 8.83. The van der Waals surface area contributed by atoms with Gasteiger partial charge in [-0.2, -0.15) is 0 Å². The molecule has 3 atom stereocenters. The van der Waals surface area contributed by atoms with Crippen molar-refractivity contribution in [1.82, 2.24) is 10.2 Å². The summed E-state index contributed by atoms with van der Waals surface area (Å²) in [6.07, 6.45) is 2.19. The Kier molecular flexibility index (Phi) is 5.02. The van der Waals surface area contributed by atoms with E-state index in [0.717, 1.165) is 43.7 Å². The molecule has 23 heavy (non-hydrogen) atoms. The van der Waals surface area contributed by atoms with Crippen LogP contribution >= 0.6 is 0 Å². The Morgan fingerprint density at radius 3 is 2.87 bits per heavy atom. The minimum absolute atomic E-state index is 0.0635. The molecule has 2 saturated heterocycles. The molecule has 1 aromatic carbocycles. The van der Waals surface area contributed by atoms with Crippen molar-refractivity contribution >= 4 is 5.91 Å². The zero-order chi connectivity index (χ0) is 16.4. The second-order valence-electron chi connectivity index (χ2n) is 7.14. The fraction of sp³-hybridized carbons (Fsp3) is 0.632. The van der Waals surface area contributed by atoms with Crippen LogP contribution < -0.4 is 5.32 Å². The Morgan fingerprint density at radius 1 is 1.35 bits per heavy atom. The van der Waals surface area contributed by atoms with E-state index in [1.807, 2.05) is 24.3 Å². The predicted octanol–water partition coefficient (Wildman–Crippen LogP) is 2.48. The predicted molar refractivity (Wildman–Crippen MR) is 91.6 cm³/mol. The number of ether oxygens (including phenoxy) is 1. The van der Waals surface area contributed by atoms with E-state index >= 15 is 0 Å². The molecule has 126 valence electrons. The van der Waals surface area contributed by atoms with Crippen LogP contribution in [-0.2, 0) is 11.2 Å². The zero-order valence-corrected chi connectivity index (χ0v) is 14.4. The van der Waals surface area contributed by atoms with Gasteiger partial charge >= 0.3 is 0 Å². The van der Waals surface area contributed by atoms with E-state index in [2.05, 4.69) is 31.0 Å². The summed E-state index contributed by atoms with van der Waals surface area (Å²) in [5, 5.41) is 3.23. The lowest BCUT2D eigenvalue weighted by molar-refractivity contribution is -0.0683. The molecule has 0 saturated carbocycles. The van der Waals surface area contributed by atoms with E-state index in [1.165, 1.54) is 0 Å². The normalized spacial score (nSPS) is 27.9. The lowest BCUT2D eigenvalue weighted by Gasteiger charge is -2.36. The van der Waals surface area contributed by atoms with Crippen molar-refractivity contribution in [2.24, 2.45) is 5.92 Å². The van der Waals surface area contributed by atoms with Crippen molar-refractivity contribution in [1.29, 1.82) is 0 Å². The second-order valence-corrected chi connectivity index (χ2v) is 7.14. The fourth-order valence-corrected chi connectivity index (χ4v) is 3.72. The number of hydrogen-bond donors (Lipinski definition) is 1. The number of carbonyl (C=O) groups is 1. The monoisotopic (exact) mass is 316 g/mol. The summed E-state index contributed by atoms with van der Waals surface area (Å²) in [5.41, 5.74) is 1.93. The first-order chi connectivity index (χ1) is 11.1. The first kappa shape index (κ1) is 16.5. The molecule has 4 heteroatoms. The van der Waals surface area contributed by atoms with Crippen molar-refractivity contribution in [3.63, 3.8) is 0 Å². The van der Waals surface area contributed by atoms with Gasteiger partial charge in [-0.15, -0.1) is 0 Å². The van der Waals surface area contributed by atoms with Crippen LogP contribution in [0.4, 0.5) is 0 Å². The third-order valence-corrected chi connectivity index (χ3v) is 5.17. The molecule has 2 heterocycles. The molecule has 0 aromatic heterocycles. The molecule has 2 aliphatic rings. The van der Waals surface area contributed by atoms with Gasteiger partial charge in [0, 0.05) is 30.7 Å². The zero-order valence-electron chi connectivity index (χ0n) is 14.4. The third-order valence-electron chi connectivity index (χ3n) is 5.17. The van der Waals surface area contributed by atoms with Crippen LogP contribution in [0.25, 0.3) is 0 Å². The standard InChI is InChI=1S/C19H28N2O2/c1-4-14-7-5-6-8-17(14)19(22)20-15-9-16-12-23-18(13(2)3)11-21(16)10-15/h5-8,13,15-16,18H,4,9-12H2,1-3H3,(H,20,22)/t15-,16-,18+/m0/s1. The number of morpholine rings is 1. The molecule has 1 N–H and O–H groups in total. The average Bonchev–Trinajstić information content (AvgIpc) is 2.95. The van der Waals surface area contributed by atoms with E-state index in [1.54, 1.807) is 0 Å². The molecule has 3 rings (SSSR count). The highest BCUT2D eigenvalue weighted by molar-refractivity contribution is 5.95. The van der Waals surface area contributed by atoms with Gasteiger partial charge in [-0.05, 0) is 30.4 Å². The third kappa shape index (κ3) is 3.59. The summed E-state index contributed by atoms with van der Waals surface area (Å²) in [5.74, 6) is 0.606. The van der Waals surface area contributed by atoms with Gasteiger partial charge in [0.25, 0.3) is 5.91 Å². The molecule has 0 aliphatic carbocycles. The number of carbonyl (C=O) groups excluding carboxylic acids is 1. The largest absolute Gasteiger partial charge is 0.375 e. The smallest absolute Gasteiger partial charge is 0.251 e. The van der Waals surface area contributed by atoms with Crippen molar-refractivity contribution in [3.05, 3.63) is 35.4 Å². The fourth-order valence-electron chi connectivity index (χ4n) is 3.72. The van der Waals surface area contributed by atoms with Gasteiger partial charge in [-0.25, -0.2) is 0 Å². The number of aryl methyl sites for hydroxylation is 1. The molecule has 2 aliphatic heterocycles. The number of amides is 1. The summed E-state index contributed by atoms with van der Waals surface area (Å²) >= 11 is 0. The van der Waals surface area contributed by atoms with E-state index in [4.69, 9.17) is 4.74 Å². The van der Waals surface area contributed by atoms with Crippen LogP contribution in [0.2, 0.25) is 0 Å². The highest BCUT2D eigenvalue weighted by atomic mass is 16.5. The number of nitrogens with one attached hydrogen (secondary N) is 1. The topological polar surface area (TPSA) is 41.6 Å². The molecule has 4 nitrogen and oxygen atoms in total. The number of nitrogens with zero attached hydrogens (tertiary/aromatic N) is 1. The maximum atomic E-state index is 12.6. The summed E-state index contributed by atoms with van der Waals surface area (Å²) < 4.78 is 5.97. The maximum Gasteiger partial charge on any atom is 0.251 e. The molecular weight excluding hydrogens is 288 g/mol. The van der Waals surface area contributed by atoms with Crippen LogP contribution in [0.1, 0.15) is 43.1 Å². The van der Waals surface area contributed by atoms with Gasteiger partial charge < -0.3 is 10.1 Å². The Labute approximate surface area is 139 Å². The Balaban J connectivity index is 1.61. The highest BCUT2D eigenvalue weighted by Gasteiger charge is 2.38. The summed E-state index contributed by atoms with van der Waals surface area (Å²) in [6, 6.07) is 8.58. The number of rotatable bonds is 4. The number of hydrogen-bond acceptors (Lipinski definition) is 3. The molecule has 2 fully saturated rings. The van der Waals surface area contributed by atoms with Gasteiger partial charge in [0.15, 0.2) is 0 Å². The number of benzene rings is 1. The van der Waals surface area contributed by atoms with E-state index in [-0.39, 0.29) is 11.9 Å². The van der Waals surface area contributed by atoms with Gasteiger partial charge in [0.05, 0.1) is 12.7 Å². The Hall–Kier alpha value is -1.39. The Bertz CT molecular complexity index is 558. The van der Waals surface area contributed by atoms with Gasteiger partial charge in [-0.1, -0.05) is 39.0 Å². The quantitative estimate of drug-likeness (QED) is 0.928. The van der Waals surface area contributed by atoms with Crippen molar-refractivity contribution < 1.29 is 9.53 Å². The lowest BCUT2D eigenvalue weighted by Crippen LogP contribution is -2.48. The second kappa shape index (κ2) is 7.02. The van der Waals surface area contributed by atoms with Crippen LogP contribution in [0, 0.1) is 5.92 Å². The molecule has 1 amide bonds. The van der Waals surface area contributed by atoms with Gasteiger partial charge in [0.2, 0.25) is 0 Å². The molecule has 0 unspecified atom stereocenters. The summed E-state index contributed by atoms with van der Waals surface area (Å²) in [7, 11) is 0. The van der Waals surface area contributed by atoms with Crippen molar-refractivity contribution in [2.75, 3.05) is 19.7 Å². The van der Waals surface area contributed by atoms with Crippen molar-refractivity contribution in [2.45, 2.75) is 51.8 Å². The van der Waals surface area contributed by atoms with Crippen LogP contribution in [-0.4, -0.2) is 48.7 Å². The molecule has 0 radical (unpaired) electrons. The molecular formula is C19H28N2O2. The van der Waals surface area contributed by atoms with Gasteiger partial charge in [-0.3, -0.25) is 9.69 Å². The van der Waals surface area contributed by atoms with Crippen LogP contribution in [0.3, 0.4) is 0 Å². The first-order valence-electron chi connectivity index (χ1n) is 8.83. The summed E-state index contributed by atoms with van der Waals surface area (Å²) in [6.45, 7) is 9.23. The van der Waals surface area contributed by atoms with E-state index in [9.17, 15) is 4.79 Å².